The molecule has 0 spiro atoms. The molecule has 0 bridgehead atoms. The molecule has 2 aromatic carbocycles. The van der Waals surface area contributed by atoms with Crippen molar-refractivity contribution in [3.8, 4) is 11.5 Å². The van der Waals surface area contributed by atoms with Crippen LogP contribution < -0.4 is 14.4 Å². The van der Waals surface area contributed by atoms with E-state index in [1.165, 1.54) is 0 Å². The van der Waals surface area contributed by atoms with Gasteiger partial charge in [-0.3, -0.25) is 4.79 Å². The average molecular weight is 318 g/mol. The van der Waals surface area contributed by atoms with Crippen LogP contribution in [0.2, 0.25) is 5.02 Å². The molecule has 114 valence electrons. The smallest absolute Gasteiger partial charge is 0.265 e. The van der Waals surface area contributed by atoms with Gasteiger partial charge in [0.1, 0.15) is 17.6 Å². The fourth-order valence-electron chi connectivity index (χ4n) is 2.40. The van der Waals surface area contributed by atoms with Gasteiger partial charge in [0, 0.05) is 0 Å². The van der Waals surface area contributed by atoms with Crippen molar-refractivity contribution in [2.75, 3.05) is 18.1 Å². The van der Waals surface area contributed by atoms with Crippen molar-refractivity contribution < 1.29 is 14.3 Å². The zero-order valence-corrected chi connectivity index (χ0v) is 12.9. The van der Waals surface area contributed by atoms with E-state index < -0.39 is 0 Å². The van der Waals surface area contributed by atoms with Gasteiger partial charge in [-0.25, -0.2) is 0 Å². The lowest BCUT2D eigenvalue weighted by molar-refractivity contribution is -0.121. The number of para-hydroxylation sites is 3. The Hall–Kier alpha value is -2.20. The highest BCUT2D eigenvalue weighted by molar-refractivity contribution is 6.32. The zero-order chi connectivity index (χ0) is 15.5. The van der Waals surface area contributed by atoms with Crippen molar-refractivity contribution in [2.45, 2.75) is 13.0 Å². The molecule has 0 saturated carbocycles. The number of ether oxygens (including phenoxy) is 2. The lowest BCUT2D eigenvalue weighted by Crippen LogP contribution is -2.44. The summed E-state index contributed by atoms with van der Waals surface area (Å²) in [6, 6.07) is 14.6. The molecule has 22 heavy (non-hydrogen) atoms. The third-order valence-electron chi connectivity index (χ3n) is 3.41. The van der Waals surface area contributed by atoms with Crippen LogP contribution in [0.5, 0.6) is 11.5 Å². The third kappa shape index (κ3) is 3.02. The summed E-state index contributed by atoms with van der Waals surface area (Å²) in [7, 11) is 0. The second kappa shape index (κ2) is 6.28. The minimum absolute atomic E-state index is 0.0563. The van der Waals surface area contributed by atoms with E-state index in [1.54, 1.807) is 17.0 Å². The Balaban J connectivity index is 1.74. The summed E-state index contributed by atoms with van der Waals surface area (Å²) in [5.74, 6) is 1.10. The molecule has 1 heterocycles. The van der Waals surface area contributed by atoms with Gasteiger partial charge in [0.25, 0.3) is 5.91 Å². The van der Waals surface area contributed by atoms with E-state index in [0.29, 0.717) is 23.1 Å². The SMILES string of the molecule is CC1CN(C(=O)COc2ccccc2Cl)c2ccccc2O1. The molecule has 0 aromatic heterocycles. The Kier molecular flexibility index (Phi) is 4.20. The maximum absolute atomic E-state index is 12.5. The van der Waals surface area contributed by atoms with Gasteiger partial charge in [-0.2, -0.15) is 0 Å². The van der Waals surface area contributed by atoms with Gasteiger partial charge < -0.3 is 14.4 Å². The van der Waals surface area contributed by atoms with Gasteiger partial charge in [0.15, 0.2) is 6.61 Å². The molecule has 5 heteroatoms. The summed E-state index contributed by atoms with van der Waals surface area (Å²) in [4.78, 5) is 14.2. The van der Waals surface area contributed by atoms with Crippen LogP contribution in [-0.4, -0.2) is 25.2 Å². The molecule has 3 rings (SSSR count). The maximum Gasteiger partial charge on any atom is 0.265 e. The van der Waals surface area contributed by atoms with Crippen molar-refractivity contribution in [3.63, 3.8) is 0 Å². The number of amides is 1. The lowest BCUT2D eigenvalue weighted by Gasteiger charge is -2.33. The van der Waals surface area contributed by atoms with Crippen molar-refractivity contribution in [1.82, 2.24) is 0 Å². The van der Waals surface area contributed by atoms with Crippen LogP contribution in [0.25, 0.3) is 0 Å². The molecule has 0 aliphatic carbocycles. The molecule has 0 saturated heterocycles. The van der Waals surface area contributed by atoms with Gasteiger partial charge in [-0.1, -0.05) is 35.9 Å². The number of anilines is 1. The summed E-state index contributed by atoms with van der Waals surface area (Å²) in [6.07, 6.45) is -0.0563. The van der Waals surface area contributed by atoms with Gasteiger partial charge in [-0.15, -0.1) is 0 Å². The first-order valence-corrected chi connectivity index (χ1v) is 7.46. The van der Waals surface area contributed by atoms with Crippen LogP contribution in [0.4, 0.5) is 5.69 Å². The van der Waals surface area contributed by atoms with Gasteiger partial charge in [0.2, 0.25) is 0 Å². The Morgan fingerprint density at radius 3 is 2.82 bits per heavy atom. The van der Waals surface area contributed by atoms with Crippen molar-refractivity contribution >= 4 is 23.2 Å². The Labute approximate surface area is 134 Å². The minimum Gasteiger partial charge on any atom is -0.487 e. The van der Waals surface area contributed by atoms with Crippen molar-refractivity contribution in [1.29, 1.82) is 0 Å². The number of hydrogen-bond acceptors (Lipinski definition) is 3. The molecular weight excluding hydrogens is 302 g/mol. The van der Waals surface area contributed by atoms with E-state index in [0.717, 1.165) is 5.69 Å². The number of carbonyl (C=O) groups is 1. The molecule has 0 radical (unpaired) electrons. The predicted octanol–water partition coefficient (Wildman–Crippen LogP) is 3.53. The van der Waals surface area contributed by atoms with E-state index in [1.807, 2.05) is 43.3 Å². The minimum atomic E-state index is -0.123. The summed E-state index contributed by atoms with van der Waals surface area (Å²) in [6.45, 7) is 2.37. The monoisotopic (exact) mass is 317 g/mol. The zero-order valence-electron chi connectivity index (χ0n) is 12.2. The Morgan fingerprint density at radius 2 is 2.00 bits per heavy atom. The lowest BCUT2D eigenvalue weighted by atomic mass is 10.2. The van der Waals surface area contributed by atoms with Crippen LogP contribution in [0, 0.1) is 0 Å². The number of carbonyl (C=O) groups excluding carboxylic acids is 1. The highest BCUT2D eigenvalue weighted by Gasteiger charge is 2.27. The first-order valence-electron chi connectivity index (χ1n) is 7.08. The second-order valence-electron chi connectivity index (χ2n) is 5.12. The Morgan fingerprint density at radius 1 is 1.27 bits per heavy atom. The van der Waals surface area contributed by atoms with Crippen LogP contribution in [0.1, 0.15) is 6.92 Å². The van der Waals surface area contributed by atoms with E-state index in [-0.39, 0.29) is 18.6 Å². The van der Waals surface area contributed by atoms with Crippen LogP contribution >= 0.6 is 11.6 Å². The molecule has 0 N–H and O–H groups in total. The van der Waals surface area contributed by atoms with Crippen molar-refractivity contribution in [3.05, 3.63) is 53.6 Å². The number of rotatable bonds is 3. The van der Waals surface area contributed by atoms with Gasteiger partial charge in [0.05, 0.1) is 17.3 Å². The maximum atomic E-state index is 12.5. The molecule has 1 amide bonds. The van der Waals surface area contributed by atoms with E-state index in [4.69, 9.17) is 21.1 Å². The highest BCUT2D eigenvalue weighted by atomic mass is 35.5. The van der Waals surface area contributed by atoms with Crippen LogP contribution in [0.15, 0.2) is 48.5 Å². The topological polar surface area (TPSA) is 38.8 Å². The summed E-state index contributed by atoms with van der Waals surface area (Å²) >= 11 is 6.03. The molecule has 2 aromatic rings. The number of halogens is 1. The molecule has 1 aliphatic rings. The molecule has 1 aliphatic heterocycles. The second-order valence-corrected chi connectivity index (χ2v) is 5.53. The van der Waals surface area contributed by atoms with Gasteiger partial charge >= 0.3 is 0 Å². The molecule has 4 nitrogen and oxygen atoms in total. The molecular formula is C17H16ClNO3. The Bertz CT molecular complexity index is 689. The molecule has 0 fully saturated rings. The fourth-order valence-corrected chi connectivity index (χ4v) is 2.59. The number of hydrogen-bond donors (Lipinski definition) is 0. The number of benzene rings is 2. The van der Waals surface area contributed by atoms with Crippen LogP contribution in [-0.2, 0) is 4.79 Å². The first kappa shape index (κ1) is 14.7. The predicted molar refractivity (Wildman–Crippen MR) is 85.8 cm³/mol. The molecule has 1 atom stereocenters. The first-order chi connectivity index (χ1) is 10.6. The quantitative estimate of drug-likeness (QED) is 0.869. The van der Waals surface area contributed by atoms with E-state index in [9.17, 15) is 4.79 Å². The number of nitrogens with zero attached hydrogens (tertiary/aromatic N) is 1. The van der Waals surface area contributed by atoms with E-state index in [2.05, 4.69) is 0 Å². The summed E-state index contributed by atoms with van der Waals surface area (Å²) in [5, 5.41) is 0.492. The van der Waals surface area contributed by atoms with Gasteiger partial charge in [-0.05, 0) is 31.2 Å². The van der Waals surface area contributed by atoms with E-state index >= 15 is 0 Å². The van der Waals surface area contributed by atoms with Crippen molar-refractivity contribution in [2.24, 2.45) is 0 Å². The normalized spacial score (nSPS) is 16.6. The summed E-state index contributed by atoms with van der Waals surface area (Å²) < 4.78 is 11.3. The average Bonchev–Trinajstić information content (AvgIpc) is 2.53. The highest BCUT2D eigenvalue weighted by Crippen LogP contribution is 2.33. The third-order valence-corrected chi connectivity index (χ3v) is 3.72. The number of fused-ring (bicyclic) bond motifs is 1. The van der Waals surface area contributed by atoms with Crippen LogP contribution in [0.3, 0.4) is 0 Å². The summed E-state index contributed by atoms with van der Waals surface area (Å²) in [5.41, 5.74) is 0.772. The largest absolute Gasteiger partial charge is 0.487 e. The fraction of sp³-hybridized carbons (Fsp3) is 0.235. The standard InChI is InChI=1S/C17H16ClNO3/c1-12-10-19(14-7-3-5-9-16(14)22-12)17(20)11-21-15-8-4-2-6-13(15)18/h2-9,12H,10-11H2,1H3. The molecule has 1 unspecified atom stereocenters.